The van der Waals surface area contributed by atoms with Crippen LogP contribution in [0.2, 0.25) is 0 Å². The van der Waals surface area contributed by atoms with Crippen LogP contribution in [0.5, 0.6) is 5.75 Å². The van der Waals surface area contributed by atoms with Crippen LogP contribution >= 0.6 is 0 Å². The van der Waals surface area contributed by atoms with E-state index in [0.717, 1.165) is 5.56 Å². The zero-order chi connectivity index (χ0) is 24.0. The first-order valence-electron chi connectivity index (χ1n) is 11.0. The largest absolute Gasteiger partial charge is 0.483 e. The Kier molecular flexibility index (Phi) is 7.27. The summed E-state index contributed by atoms with van der Waals surface area (Å²) in [4.78, 5) is 27.5. The third-order valence-electron chi connectivity index (χ3n) is 5.66. The molecular weight excluding hydrogens is 452 g/mol. The van der Waals surface area contributed by atoms with Crippen molar-refractivity contribution >= 4 is 27.3 Å². The lowest BCUT2D eigenvalue weighted by atomic mass is 10.1. The fraction of sp³-hybridized carbons (Fsp3) is 0.231. The number of benzene rings is 3. The summed E-state index contributed by atoms with van der Waals surface area (Å²) in [7, 11) is -3.18. The van der Waals surface area contributed by atoms with Crippen molar-refractivity contribution in [3.05, 3.63) is 96.1 Å². The van der Waals surface area contributed by atoms with Crippen molar-refractivity contribution in [2.24, 2.45) is 0 Å². The highest BCUT2D eigenvalue weighted by Gasteiger charge is 2.35. The minimum absolute atomic E-state index is 0.0551. The van der Waals surface area contributed by atoms with Gasteiger partial charge in [-0.25, -0.2) is 8.42 Å². The van der Waals surface area contributed by atoms with E-state index in [1.165, 1.54) is 4.90 Å². The van der Waals surface area contributed by atoms with E-state index in [1.807, 2.05) is 36.4 Å². The molecule has 3 aromatic carbocycles. The lowest BCUT2D eigenvalue weighted by Gasteiger charge is -2.28. The molecule has 1 aliphatic rings. The third-order valence-corrected chi connectivity index (χ3v) is 7.41. The molecule has 0 aromatic heterocycles. The van der Waals surface area contributed by atoms with E-state index in [9.17, 15) is 18.0 Å². The summed E-state index contributed by atoms with van der Waals surface area (Å²) in [5.74, 6) is -0.416. The number of carbonyl (C=O) groups excluding carboxylic acids is 2. The molecule has 1 atom stereocenters. The first kappa shape index (κ1) is 23.5. The van der Waals surface area contributed by atoms with Crippen LogP contribution in [0.25, 0.3) is 0 Å². The first-order valence-corrected chi connectivity index (χ1v) is 12.9. The van der Waals surface area contributed by atoms with Crippen molar-refractivity contribution in [3.8, 4) is 5.75 Å². The second kappa shape index (κ2) is 10.5. The molecule has 1 heterocycles. The number of carbonyl (C=O) groups is 2. The SMILES string of the molecule is O=C(NCc1ccccc1)c1ccccc1OCC(=O)N(c1ccccc1)[C@H]1CCS(=O)(=O)C1. The Morgan fingerprint density at radius 2 is 1.56 bits per heavy atom. The molecule has 0 spiro atoms. The fourth-order valence-corrected chi connectivity index (χ4v) is 5.69. The van der Waals surface area contributed by atoms with Gasteiger partial charge in [-0.1, -0.05) is 60.7 Å². The maximum absolute atomic E-state index is 13.2. The van der Waals surface area contributed by atoms with Gasteiger partial charge in [0, 0.05) is 12.2 Å². The number of hydrogen-bond acceptors (Lipinski definition) is 5. The molecule has 7 nitrogen and oxygen atoms in total. The maximum Gasteiger partial charge on any atom is 0.265 e. The van der Waals surface area contributed by atoms with Crippen molar-refractivity contribution in [3.63, 3.8) is 0 Å². The van der Waals surface area contributed by atoms with Crippen LogP contribution in [0.1, 0.15) is 22.3 Å². The summed E-state index contributed by atoms with van der Waals surface area (Å²) in [6.07, 6.45) is 0.376. The second-order valence-electron chi connectivity index (χ2n) is 8.11. The fourth-order valence-electron chi connectivity index (χ4n) is 3.99. The van der Waals surface area contributed by atoms with Crippen LogP contribution in [-0.2, 0) is 21.2 Å². The molecule has 0 radical (unpaired) electrons. The van der Waals surface area contributed by atoms with Crippen molar-refractivity contribution in [2.45, 2.75) is 19.0 Å². The topological polar surface area (TPSA) is 92.8 Å². The number of rotatable bonds is 8. The van der Waals surface area contributed by atoms with E-state index in [0.29, 0.717) is 24.2 Å². The van der Waals surface area contributed by atoms with E-state index >= 15 is 0 Å². The zero-order valence-electron chi connectivity index (χ0n) is 18.6. The summed E-state index contributed by atoms with van der Waals surface area (Å²) >= 11 is 0. The molecule has 0 saturated carbocycles. The van der Waals surface area contributed by atoms with E-state index in [2.05, 4.69) is 5.32 Å². The Bertz CT molecular complexity index is 1250. The van der Waals surface area contributed by atoms with E-state index in [-0.39, 0.29) is 35.7 Å². The summed E-state index contributed by atoms with van der Waals surface area (Å²) < 4.78 is 29.9. The van der Waals surface area contributed by atoms with Gasteiger partial charge in [-0.3, -0.25) is 9.59 Å². The molecule has 0 aliphatic carbocycles. The Balaban J connectivity index is 1.46. The number of nitrogens with one attached hydrogen (secondary N) is 1. The quantitative estimate of drug-likeness (QED) is 0.537. The maximum atomic E-state index is 13.2. The molecule has 1 fully saturated rings. The van der Waals surface area contributed by atoms with Crippen molar-refractivity contribution < 1.29 is 22.7 Å². The van der Waals surface area contributed by atoms with Crippen LogP contribution in [0.15, 0.2) is 84.9 Å². The van der Waals surface area contributed by atoms with E-state index in [4.69, 9.17) is 4.74 Å². The van der Waals surface area contributed by atoms with Crippen LogP contribution in [-0.4, -0.2) is 44.4 Å². The molecule has 176 valence electrons. The third kappa shape index (κ3) is 5.82. The average molecular weight is 479 g/mol. The number of nitrogens with zero attached hydrogens (tertiary/aromatic N) is 1. The van der Waals surface area contributed by atoms with Gasteiger partial charge in [-0.2, -0.15) is 0 Å². The van der Waals surface area contributed by atoms with E-state index < -0.39 is 15.9 Å². The van der Waals surface area contributed by atoms with Gasteiger partial charge >= 0.3 is 0 Å². The van der Waals surface area contributed by atoms with Gasteiger partial charge in [0.05, 0.1) is 23.1 Å². The Hall–Kier alpha value is -3.65. The summed E-state index contributed by atoms with van der Waals surface area (Å²) in [5, 5.41) is 2.86. The van der Waals surface area contributed by atoms with Gasteiger partial charge in [0.2, 0.25) is 0 Å². The first-order chi connectivity index (χ1) is 16.4. The van der Waals surface area contributed by atoms with Gasteiger partial charge in [-0.05, 0) is 36.2 Å². The molecule has 8 heteroatoms. The molecular formula is C26H26N2O5S. The van der Waals surface area contributed by atoms with Crippen molar-refractivity contribution in [1.82, 2.24) is 5.32 Å². The van der Waals surface area contributed by atoms with Crippen LogP contribution in [0, 0.1) is 0 Å². The number of anilines is 1. The smallest absolute Gasteiger partial charge is 0.265 e. The van der Waals surface area contributed by atoms with Gasteiger partial charge in [0.25, 0.3) is 11.8 Å². The number of amides is 2. The predicted octanol–water partition coefficient (Wildman–Crippen LogP) is 3.22. The Morgan fingerprint density at radius 3 is 2.24 bits per heavy atom. The number of para-hydroxylation sites is 2. The summed E-state index contributed by atoms with van der Waals surface area (Å²) in [6, 6.07) is 24.8. The molecule has 4 rings (SSSR count). The summed E-state index contributed by atoms with van der Waals surface area (Å²) in [5.41, 5.74) is 1.91. The molecule has 2 amide bonds. The zero-order valence-corrected chi connectivity index (χ0v) is 19.4. The van der Waals surface area contributed by atoms with Gasteiger partial charge in [-0.15, -0.1) is 0 Å². The Labute approximate surface area is 199 Å². The summed E-state index contributed by atoms with van der Waals surface area (Å²) in [6.45, 7) is 0.0410. The lowest BCUT2D eigenvalue weighted by molar-refractivity contribution is -0.121. The number of sulfone groups is 1. The van der Waals surface area contributed by atoms with Crippen LogP contribution in [0.3, 0.4) is 0 Å². The molecule has 34 heavy (non-hydrogen) atoms. The van der Waals surface area contributed by atoms with Crippen molar-refractivity contribution in [1.29, 1.82) is 0 Å². The van der Waals surface area contributed by atoms with Crippen molar-refractivity contribution in [2.75, 3.05) is 23.0 Å². The molecule has 0 bridgehead atoms. The standard InChI is InChI=1S/C26H26N2O5S/c29-25(28(21-11-5-2-6-12-21)22-15-16-34(31,32)19-22)18-33-24-14-8-7-13-23(24)26(30)27-17-20-9-3-1-4-10-20/h1-14,22H,15-19H2,(H,27,30)/t22-/m0/s1. The highest BCUT2D eigenvalue weighted by atomic mass is 32.2. The molecule has 1 saturated heterocycles. The number of hydrogen-bond donors (Lipinski definition) is 1. The second-order valence-corrected chi connectivity index (χ2v) is 10.3. The molecule has 1 N–H and O–H groups in total. The average Bonchev–Trinajstić information content (AvgIpc) is 3.21. The van der Waals surface area contributed by atoms with Crippen LogP contribution < -0.4 is 15.0 Å². The van der Waals surface area contributed by atoms with Crippen LogP contribution in [0.4, 0.5) is 5.69 Å². The molecule has 1 aliphatic heterocycles. The van der Waals surface area contributed by atoms with Gasteiger partial charge < -0.3 is 15.0 Å². The molecule has 3 aromatic rings. The highest BCUT2D eigenvalue weighted by Crippen LogP contribution is 2.25. The Morgan fingerprint density at radius 1 is 0.912 bits per heavy atom. The van der Waals surface area contributed by atoms with Gasteiger partial charge in [0.15, 0.2) is 16.4 Å². The monoisotopic (exact) mass is 478 g/mol. The van der Waals surface area contributed by atoms with E-state index in [1.54, 1.807) is 48.5 Å². The lowest BCUT2D eigenvalue weighted by Crippen LogP contribution is -2.44. The minimum Gasteiger partial charge on any atom is -0.483 e. The highest BCUT2D eigenvalue weighted by molar-refractivity contribution is 7.91. The number of ether oxygens (including phenoxy) is 1. The minimum atomic E-state index is -3.18. The predicted molar refractivity (Wildman–Crippen MR) is 131 cm³/mol. The normalized spacial score (nSPS) is 16.5. The van der Waals surface area contributed by atoms with Gasteiger partial charge in [0.1, 0.15) is 5.75 Å². The molecule has 0 unspecified atom stereocenters.